The standard InChI is InChI=1S/C12H16N4O3/c1-3-16-8-14-15-10(16)7-13-6-9-4-5-19-11(9)12(17)18-2/h4-5,8,13H,3,6-7H2,1-2H3. The predicted octanol–water partition coefficient (Wildman–Crippen LogP) is 0.967. The number of methoxy groups -OCH3 is 1. The molecule has 0 unspecified atom stereocenters. The third-order valence-corrected chi connectivity index (χ3v) is 2.75. The van der Waals surface area contributed by atoms with Crippen LogP contribution in [0.5, 0.6) is 0 Å². The Morgan fingerprint density at radius 2 is 2.37 bits per heavy atom. The summed E-state index contributed by atoms with van der Waals surface area (Å²) in [5.74, 6) is 0.607. The Bertz CT molecular complexity index is 547. The zero-order chi connectivity index (χ0) is 13.7. The van der Waals surface area contributed by atoms with E-state index in [2.05, 4.69) is 20.3 Å². The minimum absolute atomic E-state index is 0.229. The summed E-state index contributed by atoms with van der Waals surface area (Å²) < 4.78 is 11.7. The number of esters is 1. The highest BCUT2D eigenvalue weighted by Crippen LogP contribution is 2.11. The quantitative estimate of drug-likeness (QED) is 0.783. The second-order valence-corrected chi connectivity index (χ2v) is 3.90. The van der Waals surface area contributed by atoms with Gasteiger partial charge in [0.05, 0.1) is 19.9 Å². The number of furan rings is 1. The molecule has 2 aromatic heterocycles. The highest BCUT2D eigenvalue weighted by molar-refractivity contribution is 5.87. The van der Waals surface area contributed by atoms with Gasteiger partial charge in [-0.15, -0.1) is 10.2 Å². The molecule has 102 valence electrons. The van der Waals surface area contributed by atoms with Crippen LogP contribution in [0.15, 0.2) is 23.1 Å². The van der Waals surface area contributed by atoms with E-state index in [-0.39, 0.29) is 5.76 Å². The molecule has 0 saturated carbocycles. The summed E-state index contributed by atoms with van der Waals surface area (Å²) in [5, 5.41) is 11.1. The second-order valence-electron chi connectivity index (χ2n) is 3.90. The Balaban J connectivity index is 1.93. The van der Waals surface area contributed by atoms with E-state index in [1.165, 1.54) is 13.4 Å². The van der Waals surface area contributed by atoms with Crippen molar-refractivity contribution < 1.29 is 13.9 Å². The van der Waals surface area contributed by atoms with Gasteiger partial charge in [0.15, 0.2) is 0 Å². The maximum absolute atomic E-state index is 11.4. The van der Waals surface area contributed by atoms with Crippen LogP contribution in [0.3, 0.4) is 0 Å². The molecule has 0 radical (unpaired) electrons. The van der Waals surface area contributed by atoms with Gasteiger partial charge in [-0.05, 0) is 13.0 Å². The summed E-state index contributed by atoms with van der Waals surface area (Å²) in [4.78, 5) is 11.4. The molecule has 0 aliphatic heterocycles. The van der Waals surface area contributed by atoms with Crippen molar-refractivity contribution in [1.29, 1.82) is 0 Å². The van der Waals surface area contributed by atoms with Crippen molar-refractivity contribution in [2.75, 3.05) is 7.11 Å². The summed E-state index contributed by atoms with van der Waals surface area (Å²) in [6.07, 6.45) is 3.16. The molecule has 7 nitrogen and oxygen atoms in total. The highest BCUT2D eigenvalue weighted by atomic mass is 16.5. The maximum Gasteiger partial charge on any atom is 0.374 e. The number of carbonyl (C=O) groups is 1. The number of hydrogen-bond donors (Lipinski definition) is 1. The zero-order valence-electron chi connectivity index (χ0n) is 10.9. The summed E-state index contributed by atoms with van der Waals surface area (Å²) in [6, 6.07) is 1.74. The molecule has 1 N–H and O–H groups in total. The predicted molar refractivity (Wildman–Crippen MR) is 66.3 cm³/mol. The average Bonchev–Trinajstić information content (AvgIpc) is 3.06. The molecular weight excluding hydrogens is 248 g/mol. The normalized spacial score (nSPS) is 10.6. The lowest BCUT2D eigenvalue weighted by atomic mass is 10.2. The molecule has 0 saturated heterocycles. The molecule has 19 heavy (non-hydrogen) atoms. The van der Waals surface area contributed by atoms with E-state index in [0.29, 0.717) is 13.1 Å². The minimum Gasteiger partial charge on any atom is -0.463 e. The van der Waals surface area contributed by atoms with Crippen molar-refractivity contribution in [3.8, 4) is 0 Å². The van der Waals surface area contributed by atoms with Gasteiger partial charge in [0.2, 0.25) is 5.76 Å². The van der Waals surface area contributed by atoms with Gasteiger partial charge in [0.1, 0.15) is 12.2 Å². The van der Waals surface area contributed by atoms with Crippen LogP contribution in [0.25, 0.3) is 0 Å². The first-order valence-electron chi connectivity index (χ1n) is 5.98. The fourth-order valence-corrected chi connectivity index (χ4v) is 1.74. The van der Waals surface area contributed by atoms with Crippen molar-refractivity contribution in [2.24, 2.45) is 0 Å². The van der Waals surface area contributed by atoms with Gasteiger partial charge in [0.25, 0.3) is 0 Å². The van der Waals surface area contributed by atoms with E-state index in [1.807, 2.05) is 11.5 Å². The molecule has 0 atom stereocenters. The third kappa shape index (κ3) is 3.00. The Labute approximate surface area is 110 Å². The van der Waals surface area contributed by atoms with Crippen LogP contribution in [0.1, 0.15) is 28.9 Å². The number of hydrogen-bond acceptors (Lipinski definition) is 6. The minimum atomic E-state index is -0.474. The van der Waals surface area contributed by atoms with Gasteiger partial charge >= 0.3 is 5.97 Å². The van der Waals surface area contributed by atoms with E-state index in [0.717, 1.165) is 17.9 Å². The SMILES string of the molecule is CCn1cnnc1CNCc1ccoc1C(=O)OC. The lowest BCUT2D eigenvalue weighted by Crippen LogP contribution is -2.17. The molecule has 2 aromatic rings. The average molecular weight is 264 g/mol. The molecule has 2 rings (SSSR count). The largest absolute Gasteiger partial charge is 0.463 e. The second kappa shape index (κ2) is 6.14. The smallest absolute Gasteiger partial charge is 0.374 e. The molecule has 0 aliphatic carbocycles. The number of nitrogens with zero attached hydrogens (tertiary/aromatic N) is 3. The Kier molecular flexibility index (Phi) is 4.30. The first kappa shape index (κ1) is 13.3. The maximum atomic E-state index is 11.4. The molecule has 0 fully saturated rings. The number of ether oxygens (including phenoxy) is 1. The summed E-state index contributed by atoms with van der Waals surface area (Å²) >= 11 is 0. The van der Waals surface area contributed by atoms with E-state index in [1.54, 1.807) is 12.4 Å². The molecule has 0 aliphatic rings. The van der Waals surface area contributed by atoms with Gasteiger partial charge in [-0.3, -0.25) is 0 Å². The lowest BCUT2D eigenvalue weighted by Gasteiger charge is -2.05. The van der Waals surface area contributed by atoms with Crippen LogP contribution >= 0.6 is 0 Å². The van der Waals surface area contributed by atoms with Crippen molar-refractivity contribution in [2.45, 2.75) is 26.6 Å². The van der Waals surface area contributed by atoms with Crippen LogP contribution < -0.4 is 5.32 Å². The van der Waals surface area contributed by atoms with Gasteiger partial charge in [-0.1, -0.05) is 0 Å². The Morgan fingerprint density at radius 1 is 1.53 bits per heavy atom. The summed E-state index contributed by atoms with van der Waals surface area (Å²) in [6.45, 7) is 3.92. The molecule has 0 amide bonds. The summed E-state index contributed by atoms with van der Waals surface area (Å²) in [7, 11) is 1.33. The van der Waals surface area contributed by atoms with E-state index >= 15 is 0 Å². The van der Waals surface area contributed by atoms with Crippen LogP contribution in [0.2, 0.25) is 0 Å². The first-order chi connectivity index (χ1) is 9.26. The van der Waals surface area contributed by atoms with Gasteiger partial charge in [-0.2, -0.15) is 0 Å². The molecular formula is C12H16N4O3. The van der Waals surface area contributed by atoms with Gasteiger partial charge in [0, 0.05) is 18.7 Å². The molecule has 0 bridgehead atoms. The van der Waals surface area contributed by atoms with Crippen molar-refractivity contribution in [1.82, 2.24) is 20.1 Å². The number of nitrogens with one attached hydrogen (secondary N) is 1. The monoisotopic (exact) mass is 264 g/mol. The summed E-state index contributed by atoms with van der Waals surface area (Å²) in [5.41, 5.74) is 0.759. The van der Waals surface area contributed by atoms with Crippen LogP contribution in [-0.2, 0) is 24.4 Å². The number of carbonyl (C=O) groups excluding carboxylic acids is 1. The third-order valence-electron chi connectivity index (χ3n) is 2.75. The van der Waals surface area contributed by atoms with E-state index in [9.17, 15) is 4.79 Å². The molecule has 0 spiro atoms. The van der Waals surface area contributed by atoms with Crippen LogP contribution in [-0.4, -0.2) is 27.8 Å². The highest BCUT2D eigenvalue weighted by Gasteiger charge is 2.15. The fraction of sp³-hybridized carbons (Fsp3) is 0.417. The van der Waals surface area contributed by atoms with Crippen LogP contribution in [0, 0.1) is 0 Å². The zero-order valence-corrected chi connectivity index (χ0v) is 10.9. The fourth-order valence-electron chi connectivity index (χ4n) is 1.74. The molecule has 7 heteroatoms. The lowest BCUT2D eigenvalue weighted by molar-refractivity contribution is 0.0563. The number of aromatic nitrogens is 3. The van der Waals surface area contributed by atoms with Crippen molar-refractivity contribution >= 4 is 5.97 Å². The van der Waals surface area contributed by atoms with Crippen LogP contribution in [0.4, 0.5) is 0 Å². The Hall–Kier alpha value is -2.15. The topological polar surface area (TPSA) is 82.2 Å². The van der Waals surface area contributed by atoms with Gasteiger partial charge < -0.3 is 19.0 Å². The Morgan fingerprint density at radius 3 is 3.11 bits per heavy atom. The molecule has 2 heterocycles. The van der Waals surface area contributed by atoms with Crippen molar-refractivity contribution in [3.63, 3.8) is 0 Å². The van der Waals surface area contributed by atoms with E-state index < -0.39 is 5.97 Å². The number of aryl methyl sites for hydroxylation is 1. The molecule has 0 aromatic carbocycles. The van der Waals surface area contributed by atoms with E-state index in [4.69, 9.17) is 4.42 Å². The van der Waals surface area contributed by atoms with Gasteiger partial charge in [-0.25, -0.2) is 4.79 Å². The number of rotatable bonds is 6. The first-order valence-corrected chi connectivity index (χ1v) is 5.98. The van der Waals surface area contributed by atoms with Crippen molar-refractivity contribution in [3.05, 3.63) is 35.8 Å².